The Kier molecular flexibility index (Phi) is 5.16. The summed E-state index contributed by atoms with van der Waals surface area (Å²) >= 11 is 0. The number of rotatable bonds is 6. The molecule has 4 rings (SSSR count). The zero-order valence-electron chi connectivity index (χ0n) is 15.3. The average molecular weight is 421 g/mol. The number of nitrogens with one attached hydrogen (secondary N) is 1. The van der Waals surface area contributed by atoms with Crippen molar-refractivity contribution in [3.8, 4) is 17.2 Å². The Morgan fingerprint density at radius 1 is 1.31 bits per heavy atom. The SMILES string of the molecule is O=C(NCC(O)COc1ccc2c(c1)OCO2)C1=CN2CCS(=O)(=O)N=C2C=C1. The van der Waals surface area contributed by atoms with Crippen LogP contribution in [-0.4, -0.2) is 68.5 Å². The number of carbonyl (C=O) groups excluding carboxylic acids is 1. The molecule has 1 aromatic rings. The van der Waals surface area contributed by atoms with Crippen LogP contribution >= 0.6 is 0 Å². The van der Waals surface area contributed by atoms with Gasteiger partial charge in [0, 0.05) is 25.4 Å². The molecule has 0 aliphatic carbocycles. The Labute approximate surface area is 167 Å². The molecule has 0 fully saturated rings. The van der Waals surface area contributed by atoms with E-state index in [1.165, 1.54) is 12.2 Å². The van der Waals surface area contributed by atoms with Crippen molar-refractivity contribution in [1.82, 2.24) is 10.2 Å². The third-order valence-corrected chi connectivity index (χ3v) is 5.53. The van der Waals surface area contributed by atoms with E-state index in [4.69, 9.17) is 14.2 Å². The van der Waals surface area contributed by atoms with Crippen LogP contribution in [0.15, 0.2) is 46.5 Å². The maximum Gasteiger partial charge on any atom is 0.256 e. The van der Waals surface area contributed by atoms with Gasteiger partial charge >= 0.3 is 0 Å². The van der Waals surface area contributed by atoms with E-state index in [1.807, 2.05) is 0 Å². The maximum absolute atomic E-state index is 12.3. The zero-order valence-corrected chi connectivity index (χ0v) is 16.1. The summed E-state index contributed by atoms with van der Waals surface area (Å²) in [5.41, 5.74) is 0.340. The lowest BCUT2D eigenvalue weighted by atomic mass is 10.1. The molecule has 0 saturated carbocycles. The van der Waals surface area contributed by atoms with E-state index in [0.29, 0.717) is 22.8 Å². The van der Waals surface area contributed by atoms with Gasteiger partial charge in [0.1, 0.15) is 24.3 Å². The molecule has 29 heavy (non-hydrogen) atoms. The molecule has 0 bridgehead atoms. The van der Waals surface area contributed by atoms with Crippen LogP contribution in [0.4, 0.5) is 0 Å². The topological polar surface area (TPSA) is 127 Å². The van der Waals surface area contributed by atoms with Crippen molar-refractivity contribution < 1.29 is 32.5 Å². The van der Waals surface area contributed by atoms with E-state index in [2.05, 4.69) is 9.71 Å². The molecule has 10 nitrogen and oxygen atoms in total. The van der Waals surface area contributed by atoms with Gasteiger partial charge in [0.2, 0.25) is 6.79 Å². The van der Waals surface area contributed by atoms with E-state index in [9.17, 15) is 18.3 Å². The number of nitrogens with zero attached hydrogens (tertiary/aromatic N) is 2. The molecule has 1 amide bonds. The molecule has 2 N–H and O–H groups in total. The smallest absolute Gasteiger partial charge is 0.256 e. The Morgan fingerprint density at radius 2 is 2.14 bits per heavy atom. The highest BCUT2D eigenvalue weighted by atomic mass is 32.2. The van der Waals surface area contributed by atoms with Gasteiger partial charge in [0.15, 0.2) is 11.5 Å². The van der Waals surface area contributed by atoms with Gasteiger partial charge in [-0.15, -0.1) is 4.40 Å². The number of carbonyl (C=O) groups is 1. The van der Waals surface area contributed by atoms with Crippen molar-refractivity contribution in [2.75, 3.05) is 32.2 Å². The molecular weight excluding hydrogens is 402 g/mol. The number of amidine groups is 1. The number of hydrogen-bond acceptors (Lipinski definition) is 8. The normalized spacial score (nSPS) is 19.7. The Balaban J connectivity index is 1.26. The number of benzene rings is 1. The van der Waals surface area contributed by atoms with E-state index in [0.717, 1.165) is 0 Å². The predicted molar refractivity (Wildman–Crippen MR) is 102 cm³/mol. The molecule has 1 unspecified atom stereocenters. The summed E-state index contributed by atoms with van der Waals surface area (Å²) in [6, 6.07) is 5.09. The van der Waals surface area contributed by atoms with Crippen LogP contribution in [0, 0.1) is 0 Å². The minimum atomic E-state index is -3.44. The summed E-state index contributed by atoms with van der Waals surface area (Å²) in [6.07, 6.45) is 3.58. The first kappa shape index (κ1) is 19.3. The quantitative estimate of drug-likeness (QED) is 0.645. The number of hydrogen-bond donors (Lipinski definition) is 2. The first-order chi connectivity index (χ1) is 13.9. The molecule has 0 radical (unpaired) electrons. The van der Waals surface area contributed by atoms with Gasteiger partial charge in [-0.05, 0) is 24.3 Å². The number of ether oxygens (including phenoxy) is 3. The van der Waals surface area contributed by atoms with E-state index >= 15 is 0 Å². The van der Waals surface area contributed by atoms with Gasteiger partial charge in [-0.1, -0.05) is 0 Å². The second kappa shape index (κ2) is 7.76. The predicted octanol–water partition coefficient (Wildman–Crippen LogP) is -0.231. The van der Waals surface area contributed by atoms with Gasteiger partial charge in [-0.2, -0.15) is 0 Å². The molecule has 0 aromatic heterocycles. The lowest BCUT2D eigenvalue weighted by molar-refractivity contribution is -0.117. The number of amides is 1. The van der Waals surface area contributed by atoms with Crippen molar-refractivity contribution in [3.63, 3.8) is 0 Å². The Morgan fingerprint density at radius 3 is 3.00 bits per heavy atom. The molecule has 0 spiro atoms. The number of aliphatic hydroxyl groups excluding tert-OH is 1. The van der Waals surface area contributed by atoms with Crippen molar-refractivity contribution in [3.05, 3.63) is 42.1 Å². The Hall–Kier alpha value is -3.05. The van der Waals surface area contributed by atoms with Gasteiger partial charge in [-0.3, -0.25) is 4.79 Å². The molecular formula is C18H19N3O7S. The second-order valence-corrected chi connectivity index (χ2v) is 8.29. The van der Waals surface area contributed by atoms with Crippen LogP contribution in [-0.2, 0) is 14.8 Å². The van der Waals surface area contributed by atoms with Crippen molar-refractivity contribution >= 4 is 21.8 Å². The van der Waals surface area contributed by atoms with Crippen LogP contribution in [0.2, 0.25) is 0 Å². The molecule has 11 heteroatoms. The lowest BCUT2D eigenvalue weighted by Gasteiger charge is -2.27. The third kappa shape index (κ3) is 4.51. The summed E-state index contributed by atoms with van der Waals surface area (Å²) in [7, 11) is -3.44. The van der Waals surface area contributed by atoms with E-state index < -0.39 is 22.0 Å². The summed E-state index contributed by atoms with van der Waals surface area (Å²) in [6.45, 7) is 0.367. The highest BCUT2D eigenvalue weighted by Gasteiger charge is 2.25. The lowest BCUT2D eigenvalue weighted by Crippen LogP contribution is -2.39. The minimum Gasteiger partial charge on any atom is -0.491 e. The summed E-state index contributed by atoms with van der Waals surface area (Å²) in [4.78, 5) is 13.9. The molecule has 1 aromatic carbocycles. The standard InChI is InChI=1S/C18H19N3O7S/c22-13(10-26-14-2-3-15-16(7-14)28-11-27-15)8-19-18(23)12-1-4-17-20-29(24,25)6-5-21(17)9-12/h1-4,7,9,13,22H,5-6,8,10-11H2,(H,19,23). The van der Waals surface area contributed by atoms with Crippen molar-refractivity contribution in [2.45, 2.75) is 6.10 Å². The van der Waals surface area contributed by atoms with Crippen LogP contribution < -0.4 is 19.5 Å². The van der Waals surface area contributed by atoms with Gasteiger partial charge in [-0.25, -0.2) is 8.42 Å². The number of aliphatic hydroxyl groups is 1. The molecule has 3 aliphatic rings. The van der Waals surface area contributed by atoms with Crippen LogP contribution in [0.25, 0.3) is 0 Å². The summed E-state index contributed by atoms with van der Waals surface area (Å²) in [5.74, 6) is 1.52. The summed E-state index contributed by atoms with van der Waals surface area (Å²) < 4.78 is 42.7. The zero-order chi connectivity index (χ0) is 20.4. The molecule has 3 aliphatic heterocycles. The fourth-order valence-corrected chi connectivity index (χ4v) is 3.84. The molecule has 0 saturated heterocycles. The van der Waals surface area contributed by atoms with Crippen LogP contribution in [0.5, 0.6) is 17.2 Å². The van der Waals surface area contributed by atoms with Crippen LogP contribution in [0.1, 0.15) is 0 Å². The highest BCUT2D eigenvalue weighted by molar-refractivity contribution is 7.90. The second-order valence-electron chi connectivity index (χ2n) is 6.54. The average Bonchev–Trinajstić information content (AvgIpc) is 3.17. The largest absolute Gasteiger partial charge is 0.491 e. The first-order valence-corrected chi connectivity index (χ1v) is 10.5. The molecule has 1 atom stereocenters. The minimum absolute atomic E-state index is 0.0100. The monoisotopic (exact) mass is 421 g/mol. The Bertz CT molecular complexity index is 1020. The van der Waals surface area contributed by atoms with Crippen LogP contribution in [0.3, 0.4) is 0 Å². The first-order valence-electron chi connectivity index (χ1n) is 8.87. The molecule has 154 valence electrons. The maximum atomic E-state index is 12.3. The number of fused-ring (bicyclic) bond motifs is 2. The fraction of sp³-hybridized carbons (Fsp3) is 0.333. The fourth-order valence-electron chi connectivity index (χ4n) is 2.87. The van der Waals surface area contributed by atoms with Gasteiger partial charge in [0.05, 0.1) is 11.3 Å². The molecule has 3 heterocycles. The van der Waals surface area contributed by atoms with Gasteiger partial charge < -0.3 is 29.5 Å². The van der Waals surface area contributed by atoms with Crippen molar-refractivity contribution in [1.29, 1.82) is 0 Å². The van der Waals surface area contributed by atoms with Gasteiger partial charge in [0.25, 0.3) is 15.9 Å². The van der Waals surface area contributed by atoms with E-state index in [-0.39, 0.29) is 38.1 Å². The van der Waals surface area contributed by atoms with Crippen molar-refractivity contribution in [2.24, 2.45) is 4.40 Å². The summed E-state index contributed by atoms with van der Waals surface area (Å²) in [5, 5.41) is 12.7. The van der Waals surface area contributed by atoms with E-state index in [1.54, 1.807) is 29.3 Å². The number of sulfonamides is 1. The highest BCUT2D eigenvalue weighted by Crippen LogP contribution is 2.35. The third-order valence-electron chi connectivity index (χ3n) is 4.37.